The highest BCUT2D eigenvalue weighted by Gasteiger charge is 2.43. The zero-order valence-electron chi connectivity index (χ0n) is 14.3. The minimum atomic E-state index is -1.42. The lowest BCUT2D eigenvalue weighted by Gasteiger charge is -2.28. The molecule has 2 atom stereocenters. The molecule has 2 aromatic rings. The molecule has 9 heteroatoms. The largest absolute Gasteiger partial charge is 0.481 e. The van der Waals surface area contributed by atoms with Gasteiger partial charge in [-0.15, -0.1) is 0 Å². The summed E-state index contributed by atoms with van der Waals surface area (Å²) in [7, 11) is 0. The lowest BCUT2D eigenvalue weighted by molar-refractivity contribution is -0.138. The second-order valence-corrected chi connectivity index (χ2v) is 6.14. The van der Waals surface area contributed by atoms with Crippen LogP contribution in [0.1, 0.15) is 40.8 Å². The van der Waals surface area contributed by atoms with Gasteiger partial charge in [-0.1, -0.05) is 6.07 Å². The number of anilines is 1. The molecule has 2 heterocycles. The molecule has 0 saturated carbocycles. The van der Waals surface area contributed by atoms with Crippen LogP contribution in [0.3, 0.4) is 0 Å². The highest BCUT2D eigenvalue weighted by molar-refractivity contribution is 6.03. The number of nitrogens with zero attached hydrogens (tertiary/aromatic N) is 1. The number of fused-ring (bicyclic) bond motifs is 1. The minimum absolute atomic E-state index is 0.184. The second-order valence-electron chi connectivity index (χ2n) is 6.14. The van der Waals surface area contributed by atoms with Crippen LogP contribution in [0.15, 0.2) is 41.0 Å². The molecule has 2 unspecified atom stereocenters. The Morgan fingerprint density at radius 2 is 2.07 bits per heavy atom. The summed E-state index contributed by atoms with van der Waals surface area (Å²) < 4.78 is 5.25. The highest BCUT2D eigenvalue weighted by Crippen LogP contribution is 2.39. The summed E-state index contributed by atoms with van der Waals surface area (Å²) in [6.07, 6.45) is -0.424. The van der Waals surface area contributed by atoms with Crippen molar-refractivity contribution in [2.75, 3.05) is 5.32 Å². The fourth-order valence-corrected chi connectivity index (χ4v) is 3.16. The molecule has 1 aliphatic heterocycles. The van der Waals surface area contributed by atoms with Crippen molar-refractivity contribution in [3.8, 4) is 0 Å². The highest BCUT2D eigenvalue weighted by atomic mass is 16.4. The summed E-state index contributed by atoms with van der Waals surface area (Å²) in [5.74, 6) is -1.91. The second kappa shape index (κ2) is 7.50. The number of carboxylic acid groups (broad SMARTS) is 1. The molecule has 0 radical (unpaired) electrons. The van der Waals surface area contributed by atoms with Crippen molar-refractivity contribution < 1.29 is 29.0 Å². The van der Waals surface area contributed by atoms with Gasteiger partial charge in [-0.25, -0.2) is 0 Å². The smallest absolute Gasteiger partial charge is 0.303 e. The Hall–Kier alpha value is -3.33. The minimum Gasteiger partial charge on any atom is -0.481 e. The molecule has 27 heavy (non-hydrogen) atoms. The maximum atomic E-state index is 12.7. The van der Waals surface area contributed by atoms with Crippen molar-refractivity contribution in [1.29, 1.82) is 0 Å². The fourth-order valence-electron chi connectivity index (χ4n) is 3.16. The molecule has 1 aromatic heterocycles. The van der Waals surface area contributed by atoms with E-state index in [4.69, 9.17) is 15.3 Å². The zero-order chi connectivity index (χ0) is 19.6. The van der Waals surface area contributed by atoms with Crippen LogP contribution in [-0.4, -0.2) is 38.9 Å². The quantitative estimate of drug-likeness (QED) is 0.541. The van der Waals surface area contributed by atoms with E-state index in [0.29, 0.717) is 23.6 Å². The number of carboxylic acids is 1. The summed E-state index contributed by atoms with van der Waals surface area (Å²) in [6, 6.07) is 7.17. The number of rotatable bonds is 8. The van der Waals surface area contributed by atoms with Crippen molar-refractivity contribution in [3.63, 3.8) is 0 Å². The Kier molecular flexibility index (Phi) is 5.13. The van der Waals surface area contributed by atoms with E-state index < -0.39 is 30.1 Å². The van der Waals surface area contributed by atoms with Crippen LogP contribution >= 0.6 is 0 Å². The topological polar surface area (TPSA) is 146 Å². The van der Waals surface area contributed by atoms with E-state index in [0.717, 1.165) is 4.90 Å². The first-order valence-corrected chi connectivity index (χ1v) is 8.31. The predicted molar refractivity (Wildman–Crippen MR) is 93.5 cm³/mol. The maximum Gasteiger partial charge on any atom is 0.303 e. The van der Waals surface area contributed by atoms with Gasteiger partial charge in [0.15, 0.2) is 6.23 Å². The van der Waals surface area contributed by atoms with Gasteiger partial charge in [-0.3, -0.25) is 19.3 Å². The molecule has 3 rings (SSSR count). The summed E-state index contributed by atoms with van der Waals surface area (Å²) in [5.41, 5.74) is 6.41. The lowest BCUT2D eigenvalue weighted by Crippen LogP contribution is -2.47. The van der Waals surface area contributed by atoms with Crippen molar-refractivity contribution in [1.82, 2.24) is 4.90 Å². The first-order valence-electron chi connectivity index (χ1n) is 8.31. The van der Waals surface area contributed by atoms with E-state index in [2.05, 4.69) is 5.32 Å². The van der Waals surface area contributed by atoms with Gasteiger partial charge in [-0.05, 0) is 30.7 Å². The standard InChI is InChI=1S/C18H19N3O6/c19-16(24)13(6-7-14(22)23)21-17(25)11-4-1-5-12(15(11)18(21)26)20-9-10-3-2-8-27-10/h1-5,8,13,18,20,26H,6-7,9H2,(H2,19,24)(H,22,23). The first-order chi connectivity index (χ1) is 12.9. The molecule has 5 N–H and O–H groups in total. The van der Waals surface area contributed by atoms with Gasteiger partial charge in [0.2, 0.25) is 5.91 Å². The lowest BCUT2D eigenvalue weighted by atomic mass is 10.1. The number of aliphatic hydroxyl groups is 1. The van der Waals surface area contributed by atoms with Crippen molar-refractivity contribution in [2.24, 2.45) is 5.73 Å². The molecule has 1 aromatic carbocycles. The van der Waals surface area contributed by atoms with Crippen LogP contribution in [0, 0.1) is 0 Å². The van der Waals surface area contributed by atoms with Gasteiger partial charge >= 0.3 is 5.97 Å². The molecule has 1 aliphatic rings. The molecule has 0 spiro atoms. The van der Waals surface area contributed by atoms with Gasteiger partial charge in [0, 0.05) is 23.2 Å². The number of carbonyl (C=O) groups is 3. The number of benzene rings is 1. The van der Waals surface area contributed by atoms with E-state index >= 15 is 0 Å². The van der Waals surface area contributed by atoms with E-state index in [-0.39, 0.29) is 18.4 Å². The predicted octanol–water partition coefficient (Wildman–Crippen LogP) is 1.06. The number of amides is 2. The van der Waals surface area contributed by atoms with Gasteiger partial charge < -0.3 is 25.7 Å². The molecule has 2 amide bonds. The Morgan fingerprint density at radius 3 is 2.70 bits per heavy atom. The Bertz CT molecular complexity index is 864. The molecule has 0 aliphatic carbocycles. The molecular weight excluding hydrogens is 354 g/mol. The molecule has 0 bridgehead atoms. The maximum absolute atomic E-state index is 12.7. The molecule has 0 saturated heterocycles. The number of furan rings is 1. The summed E-state index contributed by atoms with van der Waals surface area (Å²) in [5, 5.41) is 22.7. The zero-order valence-corrected chi connectivity index (χ0v) is 14.3. The van der Waals surface area contributed by atoms with Crippen molar-refractivity contribution in [2.45, 2.75) is 31.7 Å². The Balaban J connectivity index is 1.87. The van der Waals surface area contributed by atoms with E-state index in [1.165, 1.54) is 12.3 Å². The molecule has 9 nitrogen and oxygen atoms in total. The number of nitrogens with one attached hydrogen (secondary N) is 1. The number of primary amides is 1. The number of carbonyl (C=O) groups excluding carboxylic acids is 2. The van der Waals surface area contributed by atoms with Crippen LogP contribution in [0.25, 0.3) is 0 Å². The SMILES string of the molecule is NC(=O)C(CCC(=O)O)N1C(=O)c2cccc(NCc3ccco3)c2C1O. The third-order valence-corrected chi connectivity index (χ3v) is 4.42. The van der Waals surface area contributed by atoms with Crippen LogP contribution in [0.4, 0.5) is 5.69 Å². The number of nitrogens with two attached hydrogens (primary N) is 1. The van der Waals surface area contributed by atoms with Crippen molar-refractivity contribution >= 4 is 23.5 Å². The van der Waals surface area contributed by atoms with Gasteiger partial charge in [0.25, 0.3) is 5.91 Å². The number of hydrogen-bond donors (Lipinski definition) is 4. The third-order valence-electron chi connectivity index (χ3n) is 4.42. The van der Waals surface area contributed by atoms with Crippen LogP contribution in [0.5, 0.6) is 0 Å². The Labute approximate surface area is 154 Å². The molecule has 142 valence electrons. The fraction of sp³-hybridized carbons (Fsp3) is 0.278. The van der Waals surface area contributed by atoms with Gasteiger partial charge in [0.05, 0.1) is 12.8 Å². The molecule has 0 fully saturated rings. The Morgan fingerprint density at radius 1 is 1.30 bits per heavy atom. The number of aliphatic carboxylic acids is 1. The number of hydrogen-bond acceptors (Lipinski definition) is 6. The van der Waals surface area contributed by atoms with Crippen LogP contribution < -0.4 is 11.1 Å². The first kappa shape index (κ1) is 18.5. The van der Waals surface area contributed by atoms with Crippen molar-refractivity contribution in [3.05, 3.63) is 53.5 Å². The number of aliphatic hydroxyl groups excluding tert-OH is 1. The van der Waals surface area contributed by atoms with Crippen LogP contribution in [0.2, 0.25) is 0 Å². The normalized spacial score (nSPS) is 16.9. The average molecular weight is 373 g/mol. The van der Waals surface area contributed by atoms with Gasteiger partial charge in [-0.2, -0.15) is 0 Å². The summed E-state index contributed by atoms with van der Waals surface area (Å²) >= 11 is 0. The average Bonchev–Trinajstić information content (AvgIpc) is 3.22. The van der Waals surface area contributed by atoms with E-state index in [1.54, 1.807) is 24.3 Å². The monoisotopic (exact) mass is 373 g/mol. The van der Waals surface area contributed by atoms with Gasteiger partial charge in [0.1, 0.15) is 11.8 Å². The van der Waals surface area contributed by atoms with E-state index in [9.17, 15) is 19.5 Å². The van der Waals surface area contributed by atoms with Crippen LogP contribution in [-0.2, 0) is 16.1 Å². The summed E-state index contributed by atoms with van der Waals surface area (Å²) in [6.45, 7) is 0.336. The molecular formula is C18H19N3O6. The van der Waals surface area contributed by atoms with E-state index in [1.807, 2.05) is 0 Å². The third kappa shape index (κ3) is 3.63. The summed E-state index contributed by atoms with van der Waals surface area (Å²) in [4.78, 5) is 36.3.